The van der Waals surface area contributed by atoms with E-state index in [-0.39, 0.29) is 17.7 Å². The Morgan fingerprint density at radius 3 is 2.61 bits per heavy atom. The lowest BCUT2D eigenvalue weighted by molar-refractivity contribution is -0.122. The van der Waals surface area contributed by atoms with E-state index in [0.29, 0.717) is 0 Å². The molecular formula is C21H26ClN5O. The number of carbonyl (C=O) groups excluding carboxylic acids is 1. The highest BCUT2D eigenvalue weighted by Crippen LogP contribution is 2.49. The first-order valence-electron chi connectivity index (χ1n) is 9.99. The molecule has 4 rings (SSSR count). The summed E-state index contributed by atoms with van der Waals surface area (Å²) in [6, 6.07) is 9.68. The standard InChI is InChI=1S/C21H26ClN5O/c22-19-6-2-1-5-16(19)17-15-18(17)20(28)23-9-4-10-26-11-13-27(14-12-26)21-24-7-3-8-25-21/h1-3,5-8,17-18H,4,9-15H2,(H,23,28). The van der Waals surface area contributed by atoms with Gasteiger partial charge in [0.1, 0.15) is 0 Å². The van der Waals surface area contributed by atoms with Gasteiger partial charge < -0.3 is 10.2 Å². The van der Waals surface area contributed by atoms with Crippen LogP contribution < -0.4 is 10.2 Å². The zero-order valence-electron chi connectivity index (χ0n) is 15.9. The van der Waals surface area contributed by atoms with Crippen LogP contribution in [0, 0.1) is 5.92 Å². The Bertz CT molecular complexity index is 794. The van der Waals surface area contributed by atoms with Crippen LogP contribution in [0.1, 0.15) is 24.3 Å². The molecule has 28 heavy (non-hydrogen) atoms. The van der Waals surface area contributed by atoms with Gasteiger partial charge >= 0.3 is 0 Å². The van der Waals surface area contributed by atoms with Gasteiger partial charge in [0.25, 0.3) is 0 Å². The van der Waals surface area contributed by atoms with E-state index in [0.717, 1.165) is 68.6 Å². The lowest BCUT2D eigenvalue weighted by Gasteiger charge is -2.34. The van der Waals surface area contributed by atoms with Crippen molar-refractivity contribution >= 4 is 23.5 Å². The van der Waals surface area contributed by atoms with Gasteiger partial charge in [-0.2, -0.15) is 0 Å². The van der Waals surface area contributed by atoms with Crippen molar-refractivity contribution < 1.29 is 4.79 Å². The summed E-state index contributed by atoms with van der Waals surface area (Å²) in [5.41, 5.74) is 1.10. The van der Waals surface area contributed by atoms with Crippen LogP contribution in [0.5, 0.6) is 0 Å². The number of benzene rings is 1. The molecule has 0 spiro atoms. The van der Waals surface area contributed by atoms with Crippen LogP contribution in [0.25, 0.3) is 0 Å². The van der Waals surface area contributed by atoms with E-state index in [1.807, 2.05) is 30.3 Å². The largest absolute Gasteiger partial charge is 0.356 e. The third-order valence-corrected chi connectivity index (χ3v) is 5.93. The second-order valence-electron chi connectivity index (χ2n) is 7.49. The van der Waals surface area contributed by atoms with Crippen molar-refractivity contribution in [2.24, 2.45) is 5.92 Å². The highest BCUT2D eigenvalue weighted by atomic mass is 35.5. The fourth-order valence-electron chi connectivity index (χ4n) is 3.88. The van der Waals surface area contributed by atoms with Crippen LogP contribution >= 0.6 is 11.6 Å². The van der Waals surface area contributed by atoms with Crippen LogP contribution in [0.4, 0.5) is 5.95 Å². The zero-order valence-corrected chi connectivity index (χ0v) is 16.7. The van der Waals surface area contributed by atoms with Gasteiger partial charge in [-0.3, -0.25) is 9.69 Å². The smallest absolute Gasteiger partial charge is 0.225 e. The van der Waals surface area contributed by atoms with Crippen LogP contribution in [0.2, 0.25) is 5.02 Å². The van der Waals surface area contributed by atoms with Crippen molar-refractivity contribution in [3.63, 3.8) is 0 Å². The van der Waals surface area contributed by atoms with Gasteiger partial charge in [-0.15, -0.1) is 0 Å². The van der Waals surface area contributed by atoms with E-state index in [9.17, 15) is 4.79 Å². The molecule has 2 aromatic rings. The Morgan fingerprint density at radius 1 is 1.11 bits per heavy atom. The van der Waals surface area contributed by atoms with Crippen LogP contribution in [0.3, 0.4) is 0 Å². The van der Waals surface area contributed by atoms with E-state index >= 15 is 0 Å². The summed E-state index contributed by atoms with van der Waals surface area (Å²) in [4.78, 5) is 25.7. The summed E-state index contributed by atoms with van der Waals surface area (Å²) >= 11 is 6.24. The topological polar surface area (TPSA) is 61.4 Å². The number of carbonyl (C=O) groups is 1. The predicted molar refractivity (Wildman–Crippen MR) is 111 cm³/mol. The lowest BCUT2D eigenvalue weighted by atomic mass is 10.1. The first-order valence-corrected chi connectivity index (χ1v) is 10.4. The van der Waals surface area contributed by atoms with E-state index in [2.05, 4.69) is 25.1 Å². The minimum atomic E-state index is 0.0781. The molecule has 1 saturated heterocycles. The predicted octanol–water partition coefficient (Wildman–Crippen LogP) is 2.56. The number of nitrogens with zero attached hydrogens (tertiary/aromatic N) is 4. The molecule has 2 aliphatic rings. The fraction of sp³-hybridized carbons (Fsp3) is 0.476. The summed E-state index contributed by atoms with van der Waals surface area (Å²) in [6.45, 7) is 5.62. The second-order valence-corrected chi connectivity index (χ2v) is 7.90. The Kier molecular flexibility index (Phi) is 6.07. The molecule has 1 aromatic heterocycles. The molecule has 1 aliphatic heterocycles. The number of piperazine rings is 1. The number of anilines is 1. The normalized spacial score (nSPS) is 22.1. The molecule has 2 fully saturated rings. The number of aromatic nitrogens is 2. The summed E-state index contributed by atoms with van der Waals surface area (Å²) in [5, 5.41) is 3.87. The molecule has 148 valence electrons. The first-order chi connectivity index (χ1) is 13.7. The van der Waals surface area contributed by atoms with Gasteiger partial charge in [0, 0.05) is 56.1 Å². The molecule has 7 heteroatoms. The van der Waals surface area contributed by atoms with Gasteiger partial charge in [0.15, 0.2) is 0 Å². The van der Waals surface area contributed by atoms with Crippen molar-refractivity contribution in [1.82, 2.24) is 20.2 Å². The molecule has 2 unspecified atom stereocenters. The van der Waals surface area contributed by atoms with Crippen molar-refractivity contribution in [3.8, 4) is 0 Å². The Labute approximate surface area is 170 Å². The van der Waals surface area contributed by atoms with Crippen LogP contribution in [-0.2, 0) is 4.79 Å². The van der Waals surface area contributed by atoms with Crippen molar-refractivity contribution in [3.05, 3.63) is 53.3 Å². The molecule has 0 bridgehead atoms. The van der Waals surface area contributed by atoms with E-state index < -0.39 is 0 Å². The third kappa shape index (κ3) is 4.62. The number of nitrogens with one attached hydrogen (secondary N) is 1. The quantitative estimate of drug-likeness (QED) is 0.725. The van der Waals surface area contributed by atoms with E-state index in [4.69, 9.17) is 11.6 Å². The number of amides is 1. The molecule has 0 radical (unpaired) electrons. The highest BCUT2D eigenvalue weighted by molar-refractivity contribution is 6.31. The maximum Gasteiger partial charge on any atom is 0.225 e. The van der Waals surface area contributed by atoms with Crippen molar-refractivity contribution in [1.29, 1.82) is 0 Å². The summed E-state index contributed by atoms with van der Waals surface area (Å²) < 4.78 is 0. The van der Waals surface area contributed by atoms with Crippen molar-refractivity contribution in [2.75, 3.05) is 44.2 Å². The maximum absolute atomic E-state index is 12.4. The molecule has 1 amide bonds. The van der Waals surface area contributed by atoms with E-state index in [1.54, 1.807) is 12.4 Å². The number of hydrogen-bond acceptors (Lipinski definition) is 5. The monoisotopic (exact) mass is 399 g/mol. The summed E-state index contributed by atoms with van der Waals surface area (Å²) in [5.74, 6) is 1.33. The average molecular weight is 400 g/mol. The number of hydrogen-bond donors (Lipinski definition) is 1. The Morgan fingerprint density at radius 2 is 1.86 bits per heavy atom. The van der Waals surface area contributed by atoms with Gasteiger partial charge in [-0.1, -0.05) is 29.8 Å². The minimum absolute atomic E-state index is 0.0781. The first kappa shape index (κ1) is 19.2. The molecule has 1 aliphatic carbocycles. The summed E-state index contributed by atoms with van der Waals surface area (Å²) in [7, 11) is 0. The van der Waals surface area contributed by atoms with Crippen LogP contribution in [0.15, 0.2) is 42.7 Å². The molecule has 1 N–H and O–H groups in total. The molecule has 2 atom stereocenters. The van der Waals surface area contributed by atoms with Gasteiger partial charge in [0.05, 0.1) is 0 Å². The maximum atomic E-state index is 12.4. The molecule has 1 saturated carbocycles. The Balaban J connectivity index is 1.13. The number of rotatable bonds is 7. The zero-order chi connectivity index (χ0) is 19.3. The number of halogens is 1. The minimum Gasteiger partial charge on any atom is -0.356 e. The second kappa shape index (κ2) is 8.88. The third-order valence-electron chi connectivity index (χ3n) is 5.59. The van der Waals surface area contributed by atoms with Crippen LogP contribution in [-0.4, -0.2) is 60.0 Å². The van der Waals surface area contributed by atoms with Crippen molar-refractivity contribution in [2.45, 2.75) is 18.8 Å². The van der Waals surface area contributed by atoms with Gasteiger partial charge in [-0.25, -0.2) is 9.97 Å². The highest BCUT2D eigenvalue weighted by Gasteiger charge is 2.44. The average Bonchev–Trinajstić information content (AvgIpc) is 3.53. The van der Waals surface area contributed by atoms with E-state index in [1.165, 1.54) is 0 Å². The molecule has 6 nitrogen and oxygen atoms in total. The molecular weight excluding hydrogens is 374 g/mol. The molecule has 2 heterocycles. The lowest BCUT2D eigenvalue weighted by Crippen LogP contribution is -2.47. The van der Waals surface area contributed by atoms with Gasteiger partial charge in [0.2, 0.25) is 11.9 Å². The SMILES string of the molecule is O=C(NCCCN1CCN(c2ncccn2)CC1)C1CC1c1ccccc1Cl. The Hall–Kier alpha value is -2.18. The van der Waals surface area contributed by atoms with Gasteiger partial charge in [-0.05, 0) is 43.0 Å². The summed E-state index contributed by atoms with van der Waals surface area (Å²) in [6.07, 6.45) is 5.44. The molecule has 1 aromatic carbocycles. The fourth-order valence-corrected chi connectivity index (χ4v) is 4.15.